The molecule has 1 aliphatic heterocycles. The van der Waals surface area contributed by atoms with Gasteiger partial charge in [-0.05, 0) is 61.8 Å². The van der Waals surface area contributed by atoms with Gasteiger partial charge in [0.1, 0.15) is 0 Å². The smallest absolute Gasteiger partial charge is 0.0294 e. The van der Waals surface area contributed by atoms with Gasteiger partial charge < -0.3 is 5.32 Å². The minimum absolute atomic E-state index is 0.478. The maximum atomic E-state index is 3.70. The summed E-state index contributed by atoms with van der Waals surface area (Å²) in [6, 6.07) is 9.17. The second-order valence-electron chi connectivity index (χ2n) is 5.04. The molecule has 1 atom stereocenters. The number of aryl methyl sites for hydroxylation is 1. The predicted molar refractivity (Wildman–Crippen MR) is 77.6 cm³/mol. The van der Waals surface area contributed by atoms with Gasteiger partial charge in [-0.2, -0.15) is 11.8 Å². The van der Waals surface area contributed by atoms with Crippen LogP contribution in [0.2, 0.25) is 0 Å². The molecular weight excluding hydrogens is 226 g/mol. The summed E-state index contributed by atoms with van der Waals surface area (Å²) in [4.78, 5) is 0. The van der Waals surface area contributed by atoms with E-state index >= 15 is 0 Å². The average molecular weight is 249 g/mol. The lowest BCUT2D eigenvalue weighted by Gasteiger charge is -2.24. The quantitative estimate of drug-likeness (QED) is 0.871. The van der Waals surface area contributed by atoms with Crippen LogP contribution in [0.1, 0.15) is 36.9 Å². The summed E-state index contributed by atoms with van der Waals surface area (Å²) in [6.45, 7) is 5.65. The molecule has 0 spiro atoms. The van der Waals surface area contributed by atoms with E-state index in [1.807, 2.05) is 0 Å². The average Bonchev–Trinajstić information content (AvgIpc) is 2.38. The number of thioether (sulfide) groups is 1. The summed E-state index contributed by atoms with van der Waals surface area (Å²) in [6.07, 6.45) is 2.77. The standard InChI is InChI=1S/C15H23NS/c1-12-5-3-4-6-15(12)13(2)16-11-14-7-9-17-10-8-14/h3-6,13-14,16H,7-11H2,1-2H3. The van der Waals surface area contributed by atoms with Crippen LogP contribution in [0.3, 0.4) is 0 Å². The van der Waals surface area contributed by atoms with Gasteiger partial charge in [0.25, 0.3) is 0 Å². The minimum atomic E-state index is 0.478. The summed E-state index contributed by atoms with van der Waals surface area (Å²) in [5.41, 5.74) is 2.84. The van der Waals surface area contributed by atoms with Crippen LogP contribution in [0, 0.1) is 12.8 Å². The Bertz CT molecular complexity index is 345. The van der Waals surface area contributed by atoms with Crippen molar-refractivity contribution in [2.45, 2.75) is 32.7 Å². The van der Waals surface area contributed by atoms with Crippen LogP contribution in [-0.2, 0) is 0 Å². The number of nitrogens with one attached hydrogen (secondary N) is 1. The summed E-state index contributed by atoms with van der Waals surface area (Å²) in [5.74, 6) is 3.60. The monoisotopic (exact) mass is 249 g/mol. The molecule has 1 heterocycles. The lowest BCUT2D eigenvalue weighted by molar-refractivity contribution is 0.420. The van der Waals surface area contributed by atoms with Gasteiger partial charge in [0.15, 0.2) is 0 Å². The van der Waals surface area contributed by atoms with Crippen molar-refractivity contribution in [3.05, 3.63) is 35.4 Å². The van der Waals surface area contributed by atoms with Gasteiger partial charge in [-0.15, -0.1) is 0 Å². The molecule has 1 aliphatic rings. The van der Waals surface area contributed by atoms with Crippen LogP contribution in [0.4, 0.5) is 0 Å². The lowest BCUT2D eigenvalue weighted by Crippen LogP contribution is -2.28. The van der Waals surface area contributed by atoms with Gasteiger partial charge in [0.2, 0.25) is 0 Å². The van der Waals surface area contributed by atoms with Crippen molar-refractivity contribution < 1.29 is 0 Å². The van der Waals surface area contributed by atoms with Crippen LogP contribution < -0.4 is 5.32 Å². The Labute approximate surface area is 109 Å². The van der Waals surface area contributed by atoms with Gasteiger partial charge >= 0.3 is 0 Å². The van der Waals surface area contributed by atoms with E-state index in [0.29, 0.717) is 6.04 Å². The highest BCUT2D eigenvalue weighted by atomic mass is 32.2. The largest absolute Gasteiger partial charge is 0.310 e. The van der Waals surface area contributed by atoms with Gasteiger partial charge in [-0.25, -0.2) is 0 Å². The van der Waals surface area contributed by atoms with Crippen molar-refractivity contribution in [2.24, 2.45) is 5.92 Å². The van der Waals surface area contributed by atoms with Crippen LogP contribution >= 0.6 is 11.8 Å². The molecule has 2 rings (SSSR count). The molecule has 1 fully saturated rings. The number of rotatable bonds is 4. The van der Waals surface area contributed by atoms with Crippen molar-refractivity contribution in [1.29, 1.82) is 0 Å². The van der Waals surface area contributed by atoms with Crippen LogP contribution in [0.15, 0.2) is 24.3 Å². The van der Waals surface area contributed by atoms with Crippen molar-refractivity contribution in [1.82, 2.24) is 5.32 Å². The van der Waals surface area contributed by atoms with Crippen molar-refractivity contribution >= 4 is 11.8 Å². The first-order valence-electron chi connectivity index (χ1n) is 6.64. The van der Waals surface area contributed by atoms with Gasteiger partial charge in [0.05, 0.1) is 0 Å². The van der Waals surface area contributed by atoms with Crippen LogP contribution in [0.25, 0.3) is 0 Å². The molecule has 0 aliphatic carbocycles. The van der Waals surface area contributed by atoms with Crippen LogP contribution in [0.5, 0.6) is 0 Å². The third-order valence-electron chi connectivity index (χ3n) is 3.71. The summed E-state index contributed by atoms with van der Waals surface area (Å²) in [5, 5.41) is 3.70. The van der Waals surface area contributed by atoms with E-state index in [1.165, 1.54) is 42.0 Å². The fourth-order valence-electron chi connectivity index (χ4n) is 2.48. The van der Waals surface area contributed by atoms with Gasteiger partial charge in [0, 0.05) is 6.04 Å². The van der Waals surface area contributed by atoms with E-state index in [2.05, 4.69) is 55.2 Å². The second-order valence-corrected chi connectivity index (χ2v) is 6.27. The SMILES string of the molecule is Cc1ccccc1C(C)NCC1CCSCC1. The molecule has 0 amide bonds. The first-order chi connectivity index (χ1) is 8.27. The Balaban J connectivity index is 1.84. The summed E-state index contributed by atoms with van der Waals surface area (Å²) >= 11 is 2.10. The molecule has 17 heavy (non-hydrogen) atoms. The Hall–Kier alpha value is -0.470. The van der Waals surface area contributed by atoms with Gasteiger partial charge in [-0.1, -0.05) is 24.3 Å². The fourth-order valence-corrected chi connectivity index (χ4v) is 3.68. The number of hydrogen-bond acceptors (Lipinski definition) is 2. The summed E-state index contributed by atoms with van der Waals surface area (Å²) in [7, 11) is 0. The van der Waals surface area contributed by atoms with E-state index in [0.717, 1.165) is 5.92 Å². The van der Waals surface area contributed by atoms with Crippen molar-refractivity contribution in [3.8, 4) is 0 Å². The number of hydrogen-bond donors (Lipinski definition) is 1. The van der Waals surface area contributed by atoms with E-state index in [4.69, 9.17) is 0 Å². The van der Waals surface area contributed by atoms with Gasteiger partial charge in [-0.3, -0.25) is 0 Å². The van der Waals surface area contributed by atoms with E-state index < -0.39 is 0 Å². The Morgan fingerprint density at radius 1 is 1.29 bits per heavy atom. The Morgan fingerprint density at radius 3 is 2.71 bits per heavy atom. The van der Waals surface area contributed by atoms with Crippen molar-refractivity contribution in [3.63, 3.8) is 0 Å². The van der Waals surface area contributed by atoms with E-state index in [-0.39, 0.29) is 0 Å². The van der Waals surface area contributed by atoms with E-state index in [9.17, 15) is 0 Å². The first kappa shape index (κ1) is 13.0. The lowest BCUT2D eigenvalue weighted by atomic mass is 10.00. The molecule has 2 heteroatoms. The third-order valence-corrected chi connectivity index (χ3v) is 4.76. The molecule has 1 nitrogen and oxygen atoms in total. The molecule has 0 radical (unpaired) electrons. The Morgan fingerprint density at radius 2 is 2.00 bits per heavy atom. The molecule has 0 bridgehead atoms. The maximum Gasteiger partial charge on any atom is 0.0294 e. The topological polar surface area (TPSA) is 12.0 Å². The zero-order chi connectivity index (χ0) is 12.1. The predicted octanol–water partition coefficient (Wildman–Crippen LogP) is 3.79. The summed E-state index contributed by atoms with van der Waals surface area (Å²) < 4.78 is 0. The number of benzene rings is 1. The molecule has 94 valence electrons. The molecule has 0 saturated carbocycles. The Kier molecular flexibility index (Phi) is 4.93. The molecule has 1 N–H and O–H groups in total. The minimum Gasteiger partial charge on any atom is -0.310 e. The first-order valence-corrected chi connectivity index (χ1v) is 7.79. The molecule has 1 aromatic rings. The van der Waals surface area contributed by atoms with Crippen molar-refractivity contribution in [2.75, 3.05) is 18.1 Å². The van der Waals surface area contributed by atoms with Crippen LogP contribution in [-0.4, -0.2) is 18.1 Å². The maximum absolute atomic E-state index is 3.70. The third kappa shape index (κ3) is 3.75. The zero-order valence-corrected chi connectivity index (χ0v) is 11.7. The molecule has 0 aromatic heterocycles. The molecule has 1 saturated heterocycles. The molecule has 1 unspecified atom stereocenters. The highest BCUT2D eigenvalue weighted by Crippen LogP contribution is 2.23. The second kappa shape index (κ2) is 6.46. The normalized spacial score (nSPS) is 19.2. The van der Waals surface area contributed by atoms with E-state index in [1.54, 1.807) is 0 Å². The molecular formula is C15H23NS. The zero-order valence-electron chi connectivity index (χ0n) is 10.9. The fraction of sp³-hybridized carbons (Fsp3) is 0.600. The highest BCUT2D eigenvalue weighted by Gasteiger charge is 2.15. The highest BCUT2D eigenvalue weighted by molar-refractivity contribution is 7.99. The molecule has 1 aromatic carbocycles.